The minimum absolute atomic E-state index is 0.0155. The van der Waals surface area contributed by atoms with E-state index in [2.05, 4.69) is 11.5 Å². The van der Waals surface area contributed by atoms with Gasteiger partial charge in [-0.25, -0.2) is 4.79 Å². The summed E-state index contributed by atoms with van der Waals surface area (Å²) >= 11 is 0. The van der Waals surface area contributed by atoms with Crippen LogP contribution in [0, 0.1) is 5.92 Å². The predicted octanol–water partition coefficient (Wildman–Crippen LogP) is 3.28. The van der Waals surface area contributed by atoms with Crippen molar-refractivity contribution in [1.29, 1.82) is 0 Å². The van der Waals surface area contributed by atoms with E-state index < -0.39 is 35.2 Å². The van der Waals surface area contributed by atoms with E-state index in [0.717, 1.165) is 17.5 Å². The molecule has 1 saturated heterocycles. The molecule has 7 heteroatoms. The van der Waals surface area contributed by atoms with Gasteiger partial charge >= 0.3 is 12.1 Å². The first kappa shape index (κ1) is 21.9. The Morgan fingerprint density at radius 3 is 2.63 bits per heavy atom. The number of benzene rings is 1. The maximum Gasteiger partial charge on any atom is 0.411 e. The molecule has 0 spiro atoms. The van der Waals surface area contributed by atoms with E-state index in [1.807, 2.05) is 45.0 Å². The van der Waals surface area contributed by atoms with Crippen molar-refractivity contribution in [3.63, 3.8) is 0 Å². The maximum absolute atomic E-state index is 13.1. The third-order valence-corrected chi connectivity index (χ3v) is 5.93. The van der Waals surface area contributed by atoms with Crippen LogP contribution in [0.1, 0.15) is 39.2 Å². The van der Waals surface area contributed by atoms with Gasteiger partial charge in [-0.3, -0.25) is 9.69 Å². The maximum atomic E-state index is 13.1. The number of esters is 1. The van der Waals surface area contributed by atoms with Crippen LogP contribution >= 0.6 is 0 Å². The molecular formula is C23H30N2O5. The molecule has 1 amide bonds. The molecule has 0 saturated carbocycles. The molecule has 2 heterocycles. The van der Waals surface area contributed by atoms with Gasteiger partial charge in [-0.1, -0.05) is 24.3 Å². The molecule has 0 aromatic heterocycles. The Hall–Kier alpha value is -2.83. The third-order valence-electron chi connectivity index (χ3n) is 5.93. The molecule has 0 aliphatic carbocycles. The zero-order valence-corrected chi connectivity index (χ0v) is 18.1. The second kappa shape index (κ2) is 8.13. The number of carbonyl (C=O) groups excluding carboxylic acids is 3. The first-order chi connectivity index (χ1) is 14.2. The smallest absolute Gasteiger partial charge is 0.411 e. The van der Waals surface area contributed by atoms with Gasteiger partial charge in [0.05, 0.1) is 18.4 Å². The molecule has 162 valence electrons. The monoisotopic (exact) mass is 414 g/mol. The number of carbonyl (C=O) groups is 3. The molecule has 3 rings (SSSR count). The normalized spacial score (nSPS) is 23.4. The molecule has 0 N–H and O–H groups in total. The molecule has 30 heavy (non-hydrogen) atoms. The van der Waals surface area contributed by atoms with Gasteiger partial charge in [-0.2, -0.15) is 0 Å². The second-order valence-electron chi connectivity index (χ2n) is 8.77. The number of hydrogen-bond donors (Lipinski definition) is 0. The van der Waals surface area contributed by atoms with Crippen molar-refractivity contribution in [1.82, 2.24) is 4.90 Å². The predicted molar refractivity (Wildman–Crippen MR) is 113 cm³/mol. The quantitative estimate of drug-likeness (QED) is 0.404. The number of anilines is 1. The van der Waals surface area contributed by atoms with Gasteiger partial charge in [0.25, 0.3) is 0 Å². The average Bonchev–Trinajstić information content (AvgIpc) is 3.20. The number of rotatable bonds is 6. The third kappa shape index (κ3) is 3.46. The van der Waals surface area contributed by atoms with Gasteiger partial charge in [0.1, 0.15) is 18.1 Å². The fraction of sp³-hybridized carbons (Fsp3) is 0.522. The Morgan fingerprint density at radius 1 is 1.33 bits per heavy atom. The summed E-state index contributed by atoms with van der Waals surface area (Å²) in [6.07, 6.45) is 2.14. The fourth-order valence-electron chi connectivity index (χ4n) is 4.95. The van der Waals surface area contributed by atoms with Crippen molar-refractivity contribution in [3.8, 4) is 0 Å². The Kier molecular flexibility index (Phi) is 5.92. The van der Waals surface area contributed by atoms with Crippen LogP contribution in [0.25, 0.3) is 0 Å². The molecule has 3 atom stereocenters. The van der Waals surface area contributed by atoms with Crippen LogP contribution in [0.4, 0.5) is 10.5 Å². The average molecular weight is 415 g/mol. The molecule has 7 nitrogen and oxygen atoms in total. The highest BCUT2D eigenvalue weighted by molar-refractivity contribution is 5.82. The van der Waals surface area contributed by atoms with E-state index >= 15 is 0 Å². The van der Waals surface area contributed by atoms with Crippen molar-refractivity contribution in [3.05, 3.63) is 42.5 Å². The number of methoxy groups -OCH3 is 1. The highest BCUT2D eigenvalue weighted by Gasteiger charge is 2.63. The van der Waals surface area contributed by atoms with Gasteiger partial charge < -0.3 is 19.2 Å². The molecule has 1 fully saturated rings. The topological polar surface area (TPSA) is 76.2 Å². The summed E-state index contributed by atoms with van der Waals surface area (Å²) in [6, 6.07) is 7.79. The lowest BCUT2D eigenvalue weighted by Gasteiger charge is -2.40. The first-order valence-electron chi connectivity index (χ1n) is 10.2. The lowest BCUT2D eigenvalue weighted by molar-refractivity contribution is -0.149. The number of nitrogens with zero attached hydrogens (tertiary/aromatic N) is 2. The van der Waals surface area contributed by atoms with Crippen molar-refractivity contribution in [2.45, 2.75) is 50.8 Å². The molecule has 2 aliphatic rings. The number of para-hydroxylation sites is 1. The summed E-state index contributed by atoms with van der Waals surface area (Å²) in [5.41, 5.74) is 0.446. The molecule has 2 aliphatic heterocycles. The summed E-state index contributed by atoms with van der Waals surface area (Å²) in [4.78, 5) is 41.3. The minimum Gasteiger partial charge on any atom is -0.469 e. The summed E-state index contributed by atoms with van der Waals surface area (Å²) in [7, 11) is 1.33. The highest BCUT2D eigenvalue weighted by atomic mass is 16.6. The zero-order valence-electron chi connectivity index (χ0n) is 18.1. The Balaban J connectivity index is 2.18. The van der Waals surface area contributed by atoms with Crippen LogP contribution in [0.15, 0.2) is 36.9 Å². The number of aldehydes is 1. The number of fused-ring (bicyclic) bond motifs is 3. The van der Waals surface area contributed by atoms with Crippen LogP contribution < -0.4 is 4.90 Å². The minimum atomic E-state index is -0.773. The summed E-state index contributed by atoms with van der Waals surface area (Å²) in [5.74, 6) is -1.17. The SMILES string of the molecule is C=CCN1c2ccccc2C2([C@@H](CC=O)C(=O)OC)CCN(C(=O)OC(C)(C)C)[C@H]12. The fourth-order valence-corrected chi connectivity index (χ4v) is 4.95. The van der Waals surface area contributed by atoms with Crippen LogP contribution in [-0.4, -0.2) is 55.2 Å². The van der Waals surface area contributed by atoms with Crippen LogP contribution in [0.2, 0.25) is 0 Å². The van der Waals surface area contributed by atoms with E-state index in [1.54, 1.807) is 11.0 Å². The van der Waals surface area contributed by atoms with E-state index in [9.17, 15) is 14.4 Å². The molecule has 1 aromatic rings. The Bertz CT molecular complexity index is 846. The van der Waals surface area contributed by atoms with Crippen molar-refractivity contribution in [2.24, 2.45) is 5.92 Å². The number of amides is 1. The van der Waals surface area contributed by atoms with Crippen LogP contribution in [-0.2, 0) is 24.5 Å². The van der Waals surface area contributed by atoms with E-state index in [0.29, 0.717) is 19.5 Å². The first-order valence-corrected chi connectivity index (χ1v) is 10.2. The van der Waals surface area contributed by atoms with Gasteiger partial charge in [0, 0.05) is 25.2 Å². The van der Waals surface area contributed by atoms with Gasteiger partial charge in [-0.05, 0) is 38.8 Å². The van der Waals surface area contributed by atoms with E-state index in [1.165, 1.54) is 7.11 Å². The zero-order chi connectivity index (χ0) is 22.1. The highest BCUT2D eigenvalue weighted by Crippen LogP contribution is 2.57. The van der Waals surface area contributed by atoms with Crippen molar-refractivity contribution >= 4 is 24.0 Å². The summed E-state index contributed by atoms with van der Waals surface area (Å²) in [5, 5.41) is 0. The van der Waals surface area contributed by atoms with Crippen LogP contribution in [0.5, 0.6) is 0 Å². The largest absolute Gasteiger partial charge is 0.469 e. The summed E-state index contributed by atoms with van der Waals surface area (Å²) < 4.78 is 10.8. The number of ether oxygens (including phenoxy) is 2. The number of likely N-dealkylation sites (tertiary alicyclic amines) is 1. The lowest BCUT2D eigenvalue weighted by Crippen LogP contribution is -2.56. The van der Waals surface area contributed by atoms with Crippen LogP contribution in [0.3, 0.4) is 0 Å². The van der Waals surface area contributed by atoms with E-state index in [-0.39, 0.29) is 6.42 Å². The summed E-state index contributed by atoms with van der Waals surface area (Å²) in [6.45, 7) is 10.2. The molecular weight excluding hydrogens is 384 g/mol. The van der Waals surface area contributed by atoms with Crippen molar-refractivity contribution in [2.75, 3.05) is 25.1 Å². The van der Waals surface area contributed by atoms with Gasteiger partial charge in [0.15, 0.2) is 0 Å². The van der Waals surface area contributed by atoms with Gasteiger partial charge in [-0.15, -0.1) is 6.58 Å². The van der Waals surface area contributed by atoms with Crippen molar-refractivity contribution < 1.29 is 23.9 Å². The molecule has 0 bridgehead atoms. The van der Waals surface area contributed by atoms with Gasteiger partial charge in [0.2, 0.25) is 0 Å². The molecule has 1 aromatic carbocycles. The Labute approximate surface area is 177 Å². The number of hydrogen-bond acceptors (Lipinski definition) is 6. The molecule has 1 unspecified atom stereocenters. The lowest BCUT2D eigenvalue weighted by atomic mass is 9.68. The molecule has 0 radical (unpaired) electrons. The standard InChI is InChI=1S/C23H30N2O5/c1-6-13-24-18-10-8-7-9-16(18)23(17(11-15-26)19(27)29-5)12-14-25(20(23)24)21(28)30-22(2,3)4/h6-10,15,17,20H,1,11-14H2,2-5H3/t17-,20-,23?/m0/s1. The van der Waals surface area contributed by atoms with E-state index in [4.69, 9.17) is 9.47 Å². The Morgan fingerprint density at radius 2 is 2.03 bits per heavy atom. The second-order valence-corrected chi connectivity index (χ2v) is 8.77.